The molecule has 0 saturated carbocycles. The number of nitrogens with zero attached hydrogens (tertiary/aromatic N) is 2. The van der Waals surface area contributed by atoms with E-state index in [1.807, 2.05) is 12.1 Å². The minimum Gasteiger partial charge on any atom is -0.381 e. The molecule has 1 aromatic carbocycles. The molecule has 2 fully saturated rings. The highest BCUT2D eigenvalue weighted by Gasteiger charge is 2.31. The predicted molar refractivity (Wildman–Crippen MR) is 94.6 cm³/mol. The van der Waals surface area contributed by atoms with Gasteiger partial charge < -0.3 is 10.1 Å². The number of halogens is 1. The van der Waals surface area contributed by atoms with Crippen LogP contribution in [0, 0.1) is 11.7 Å². The van der Waals surface area contributed by atoms with Crippen LogP contribution in [0.3, 0.4) is 0 Å². The van der Waals surface area contributed by atoms with Gasteiger partial charge in [-0.25, -0.2) is 4.39 Å². The first-order valence-electron chi connectivity index (χ1n) is 9.16. The van der Waals surface area contributed by atoms with E-state index in [4.69, 9.17) is 4.74 Å². The van der Waals surface area contributed by atoms with Gasteiger partial charge in [0.15, 0.2) is 0 Å². The Labute approximate surface area is 149 Å². The molecule has 25 heavy (non-hydrogen) atoms. The van der Waals surface area contributed by atoms with Crippen molar-refractivity contribution in [2.45, 2.75) is 25.4 Å². The van der Waals surface area contributed by atoms with E-state index >= 15 is 0 Å². The van der Waals surface area contributed by atoms with Gasteiger partial charge >= 0.3 is 0 Å². The van der Waals surface area contributed by atoms with Crippen molar-refractivity contribution in [1.82, 2.24) is 15.1 Å². The number of nitrogens with one attached hydrogen (secondary N) is 1. The maximum absolute atomic E-state index is 14.0. The summed E-state index contributed by atoms with van der Waals surface area (Å²) in [6.07, 6.45) is 2.04. The number of carbonyl (C=O) groups excluding carboxylic acids is 1. The largest absolute Gasteiger partial charge is 0.381 e. The summed E-state index contributed by atoms with van der Waals surface area (Å²) in [4.78, 5) is 17.0. The zero-order chi connectivity index (χ0) is 17.6. The van der Waals surface area contributed by atoms with Gasteiger partial charge in [0.2, 0.25) is 5.91 Å². The Morgan fingerprint density at radius 3 is 2.72 bits per heavy atom. The molecule has 0 aromatic heterocycles. The van der Waals surface area contributed by atoms with E-state index < -0.39 is 0 Å². The van der Waals surface area contributed by atoms with E-state index in [0.717, 1.165) is 45.7 Å². The Balaban J connectivity index is 1.70. The molecule has 2 saturated heterocycles. The molecule has 2 aliphatic rings. The Morgan fingerprint density at radius 2 is 2.00 bits per heavy atom. The summed E-state index contributed by atoms with van der Waals surface area (Å²) in [6, 6.07) is 7.38. The third-order valence-electron chi connectivity index (χ3n) is 5.31. The Kier molecular flexibility index (Phi) is 6.39. The summed E-state index contributed by atoms with van der Waals surface area (Å²) in [5.41, 5.74) is 0.692. The van der Waals surface area contributed by atoms with Crippen molar-refractivity contribution >= 4 is 5.91 Å². The van der Waals surface area contributed by atoms with Crippen LogP contribution in [-0.4, -0.2) is 68.2 Å². The molecule has 1 N–H and O–H groups in total. The van der Waals surface area contributed by atoms with Crippen LogP contribution in [-0.2, 0) is 16.1 Å². The van der Waals surface area contributed by atoms with Crippen molar-refractivity contribution < 1.29 is 13.9 Å². The molecule has 1 amide bonds. The first kappa shape index (κ1) is 18.3. The molecule has 1 atom stereocenters. The second kappa shape index (κ2) is 8.74. The SMILES string of the molecule is CNC(=O)[C@@H]1CN(Cc2ccccc2F)CCN(C2CCOCC2)C1. The number of ether oxygens (including phenoxy) is 1. The fourth-order valence-corrected chi connectivity index (χ4v) is 3.87. The molecule has 6 heteroatoms. The Hall–Kier alpha value is -1.50. The maximum atomic E-state index is 14.0. The zero-order valence-electron chi connectivity index (χ0n) is 14.9. The molecule has 1 aromatic rings. The van der Waals surface area contributed by atoms with E-state index in [1.54, 1.807) is 13.1 Å². The summed E-state index contributed by atoms with van der Waals surface area (Å²) in [5.74, 6) is -0.205. The van der Waals surface area contributed by atoms with Gasteiger partial charge in [-0.05, 0) is 18.9 Å². The standard InChI is InChI=1S/C19H28FN3O2/c1-21-19(24)16-13-22(12-15-4-2-3-5-18(15)20)8-9-23(14-16)17-6-10-25-11-7-17/h2-5,16-17H,6-14H2,1H3,(H,21,24)/t16-/m1/s1. The minimum absolute atomic E-state index is 0.0671. The summed E-state index contributed by atoms with van der Waals surface area (Å²) in [6.45, 7) is 5.31. The molecule has 0 unspecified atom stereocenters. The number of hydrogen-bond donors (Lipinski definition) is 1. The second-order valence-corrected chi connectivity index (χ2v) is 6.98. The molecule has 0 radical (unpaired) electrons. The normalized spacial score (nSPS) is 24.0. The highest BCUT2D eigenvalue weighted by Crippen LogP contribution is 2.21. The average Bonchev–Trinajstić information content (AvgIpc) is 2.86. The van der Waals surface area contributed by atoms with Crippen LogP contribution in [0.2, 0.25) is 0 Å². The van der Waals surface area contributed by atoms with Gasteiger partial charge in [0.05, 0.1) is 5.92 Å². The molecule has 2 aliphatic heterocycles. The average molecular weight is 349 g/mol. The lowest BCUT2D eigenvalue weighted by Gasteiger charge is -2.34. The highest BCUT2D eigenvalue weighted by atomic mass is 19.1. The topological polar surface area (TPSA) is 44.8 Å². The van der Waals surface area contributed by atoms with Crippen molar-refractivity contribution in [3.8, 4) is 0 Å². The fourth-order valence-electron chi connectivity index (χ4n) is 3.87. The third-order valence-corrected chi connectivity index (χ3v) is 5.31. The van der Waals surface area contributed by atoms with E-state index in [1.165, 1.54) is 6.07 Å². The van der Waals surface area contributed by atoms with Crippen LogP contribution < -0.4 is 5.32 Å². The molecule has 5 nitrogen and oxygen atoms in total. The minimum atomic E-state index is -0.176. The van der Waals surface area contributed by atoms with E-state index in [-0.39, 0.29) is 17.6 Å². The van der Waals surface area contributed by atoms with E-state index in [2.05, 4.69) is 15.1 Å². The lowest BCUT2D eigenvalue weighted by molar-refractivity contribution is -0.125. The fraction of sp³-hybridized carbons (Fsp3) is 0.632. The van der Waals surface area contributed by atoms with Gasteiger partial charge in [-0.15, -0.1) is 0 Å². The molecule has 0 bridgehead atoms. The molecule has 138 valence electrons. The van der Waals surface area contributed by atoms with Crippen LogP contribution in [0.25, 0.3) is 0 Å². The lowest BCUT2D eigenvalue weighted by atomic mass is 10.0. The van der Waals surface area contributed by atoms with Crippen molar-refractivity contribution in [2.24, 2.45) is 5.92 Å². The Morgan fingerprint density at radius 1 is 1.24 bits per heavy atom. The van der Waals surface area contributed by atoms with Gasteiger partial charge in [0.1, 0.15) is 5.82 Å². The molecular weight excluding hydrogens is 321 g/mol. The van der Waals surface area contributed by atoms with Crippen molar-refractivity contribution in [2.75, 3.05) is 46.4 Å². The number of amides is 1. The second-order valence-electron chi connectivity index (χ2n) is 6.98. The van der Waals surface area contributed by atoms with Gasteiger partial charge in [0.25, 0.3) is 0 Å². The van der Waals surface area contributed by atoms with Crippen LogP contribution in [0.15, 0.2) is 24.3 Å². The van der Waals surface area contributed by atoms with Crippen LogP contribution >= 0.6 is 0 Å². The van der Waals surface area contributed by atoms with Gasteiger partial charge in [-0.3, -0.25) is 14.6 Å². The van der Waals surface area contributed by atoms with Crippen LogP contribution in [0.5, 0.6) is 0 Å². The van der Waals surface area contributed by atoms with Gasteiger partial charge in [0, 0.05) is 64.6 Å². The van der Waals surface area contributed by atoms with Crippen LogP contribution in [0.4, 0.5) is 4.39 Å². The van der Waals surface area contributed by atoms with E-state index in [9.17, 15) is 9.18 Å². The maximum Gasteiger partial charge on any atom is 0.225 e. The molecule has 2 heterocycles. The lowest BCUT2D eigenvalue weighted by Crippen LogP contribution is -2.45. The van der Waals surface area contributed by atoms with E-state index in [0.29, 0.717) is 24.7 Å². The summed E-state index contributed by atoms with van der Waals surface area (Å²) < 4.78 is 19.5. The Bertz CT molecular complexity index is 578. The molecule has 0 spiro atoms. The predicted octanol–water partition coefficient (Wildman–Crippen LogP) is 1.48. The quantitative estimate of drug-likeness (QED) is 0.894. The molecular formula is C19H28FN3O2. The summed E-state index contributed by atoms with van der Waals surface area (Å²) in [7, 11) is 1.69. The highest BCUT2D eigenvalue weighted by molar-refractivity contribution is 5.78. The van der Waals surface area contributed by atoms with Crippen molar-refractivity contribution in [3.63, 3.8) is 0 Å². The smallest absolute Gasteiger partial charge is 0.225 e. The molecule has 0 aliphatic carbocycles. The summed E-state index contributed by atoms with van der Waals surface area (Å²) >= 11 is 0. The van der Waals surface area contributed by atoms with Gasteiger partial charge in [-0.1, -0.05) is 18.2 Å². The third kappa shape index (κ3) is 4.77. The monoisotopic (exact) mass is 349 g/mol. The summed E-state index contributed by atoms with van der Waals surface area (Å²) in [5, 5.41) is 2.79. The first-order valence-corrected chi connectivity index (χ1v) is 9.16. The van der Waals surface area contributed by atoms with Gasteiger partial charge in [-0.2, -0.15) is 0 Å². The first-order chi connectivity index (χ1) is 12.2. The van der Waals surface area contributed by atoms with Crippen LogP contribution in [0.1, 0.15) is 18.4 Å². The number of carbonyl (C=O) groups is 1. The van der Waals surface area contributed by atoms with Crippen molar-refractivity contribution in [1.29, 1.82) is 0 Å². The number of hydrogen-bond acceptors (Lipinski definition) is 4. The molecule has 3 rings (SSSR count). The number of benzene rings is 1. The number of rotatable bonds is 4. The van der Waals surface area contributed by atoms with Crippen molar-refractivity contribution in [3.05, 3.63) is 35.6 Å². The zero-order valence-corrected chi connectivity index (χ0v) is 14.9.